The molecular weight excluding hydrogens is 248 g/mol. The maximum Gasteiger partial charge on any atom is 0.121 e. The molecule has 1 N–H and O–H groups in total. The fraction of sp³-hybridized carbons (Fsp3) is 0.571. The molecule has 0 radical (unpaired) electrons. The molecule has 4 heteroatoms. The number of likely N-dealkylation sites (N-methyl/N-ethyl adjacent to an activating group) is 1. The molecular formula is C14H21ClN2O. The van der Waals surface area contributed by atoms with Crippen LogP contribution in [0.5, 0.6) is 5.75 Å². The highest BCUT2D eigenvalue weighted by atomic mass is 35.5. The van der Waals surface area contributed by atoms with E-state index in [1.807, 2.05) is 6.07 Å². The number of aromatic hydroxyl groups is 1. The fourth-order valence-corrected chi connectivity index (χ4v) is 2.87. The number of hydrogen-bond donors (Lipinski definition) is 1. The average Bonchev–Trinajstić information content (AvgIpc) is 2.70. The normalized spacial score (nSPS) is 20.8. The first-order valence-electron chi connectivity index (χ1n) is 6.43. The van der Waals surface area contributed by atoms with Crippen molar-refractivity contribution in [1.82, 2.24) is 9.80 Å². The van der Waals surface area contributed by atoms with Gasteiger partial charge in [0.2, 0.25) is 0 Å². The Hall–Kier alpha value is -0.770. The van der Waals surface area contributed by atoms with Gasteiger partial charge >= 0.3 is 0 Å². The van der Waals surface area contributed by atoms with E-state index in [9.17, 15) is 5.11 Å². The molecule has 0 amide bonds. The van der Waals surface area contributed by atoms with Crippen LogP contribution in [-0.2, 0) is 6.54 Å². The van der Waals surface area contributed by atoms with Crippen molar-refractivity contribution in [1.29, 1.82) is 0 Å². The monoisotopic (exact) mass is 268 g/mol. The molecule has 1 aliphatic rings. The Morgan fingerprint density at radius 2 is 2.22 bits per heavy atom. The summed E-state index contributed by atoms with van der Waals surface area (Å²) in [5.41, 5.74) is 0.852. The highest BCUT2D eigenvalue weighted by Crippen LogP contribution is 2.29. The number of phenolic OH excluding ortho intramolecular Hbond substituents is 1. The summed E-state index contributed by atoms with van der Waals surface area (Å²) in [5, 5.41) is 10.6. The molecule has 0 bridgehead atoms. The van der Waals surface area contributed by atoms with Crippen LogP contribution in [0.2, 0.25) is 5.02 Å². The smallest absolute Gasteiger partial charge is 0.121 e. The van der Waals surface area contributed by atoms with Gasteiger partial charge in [0.1, 0.15) is 5.75 Å². The van der Waals surface area contributed by atoms with Crippen molar-refractivity contribution in [2.45, 2.75) is 25.4 Å². The summed E-state index contributed by atoms with van der Waals surface area (Å²) < 4.78 is 0. The number of hydrogen-bond acceptors (Lipinski definition) is 3. The second kappa shape index (κ2) is 5.91. The van der Waals surface area contributed by atoms with Gasteiger partial charge in [0.25, 0.3) is 0 Å². The molecule has 1 aliphatic heterocycles. The molecule has 2 rings (SSSR count). The molecule has 0 aliphatic carbocycles. The van der Waals surface area contributed by atoms with Crippen LogP contribution in [0.3, 0.4) is 0 Å². The zero-order chi connectivity index (χ0) is 13.1. The van der Waals surface area contributed by atoms with Gasteiger partial charge in [0, 0.05) is 29.7 Å². The van der Waals surface area contributed by atoms with E-state index in [4.69, 9.17) is 11.6 Å². The molecule has 1 saturated heterocycles. The zero-order valence-corrected chi connectivity index (χ0v) is 11.8. The second-order valence-electron chi connectivity index (χ2n) is 5.27. The van der Waals surface area contributed by atoms with Crippen molar-refractivity contribution in [2.24, 2.45) is 0 Å². The van der Waals surface area contributed by atoms with Gasteiger partial charge in [-0.3, -0.25) is 4.90 Å². The highest BCUT2D eigenvalue weighted by Gasteiger charge is 2.26. The van der Waals surface area contributed by atoms with Crippen LogP contribution in [0.15, 0.2) is 18.2 Å². The largest absolute Gasteiger partial charge is 0.508 e. The molecule has 1 aromatic rings. The molecule has 1 heterocycles. The summed E-state index contributed by atoms with van der Waals surface area (Å²) in [4.78, 5) is 4.64. The van der Waals surface area contributed by atoms with Crippen molar-refractivity contribution in [3.63, 3.8) is 0 Å². The van der Waals surface area contributed by atoms with E-state index in [2.05, 4.69) is 23.9 Å². The number of benzene rings is 1. The van der Waals surface area contributed by atoms with Crippen LogP contribution < -0.4 is 0 Å². The quantitative estimate of drug-likeness (QED) is 0.909. The lowest BCUT2D eigenvalue weighted by Crippen LogP contribution is -2.37. The first kappa shape index (κ1) is 13.7. The molecule has 0 saturated carbocycles. The Morgan fingerprint density at radius 3 is 2.89 bits per heavy atom. The van der Waals surface area contributed by atoms with E-state index in [1.165, 1.54) is 12.8 Å². The third-order valence-corrected chi connectivity index (χ3v) is 3.88. The SMILES string of the molecule is CN(C)CC1CCCN1Cc1c(O)cccc1Cl. The Labute approximate surface area is 114 Å². The number of phenols is 1. The first-order valence-corrected chi connectivity index (χ1v) is 6.81. The van der Waals surface area contributed by atoms with Gasteiger partial charge in [-0.25, -0.2) is 0 Å². The molecule has 100 valence electrons. The maximum absolute atomic E-state index is 9.90. The zero-order valence-electron chi connectivity index (χ0n) is 11.1. The summed E-state index contributed by atoms with van der Waals surface area (Å²) >= 11 is 6.16. The van der Waals surface area contributed by atoms with E-state index < -0.39 is 0 Å². The van der Waals surface area contributed by atoms with Gasteiger partial charge in [-0.15, -0.1) is 0 Å². The summed E-state index contributed by atoms with van der Waals surface area (Å²) in [6.07, 6.45) is 2.45. The Bertz CT molecular complexity index is 389. The highest BCUT2D eigenvalue weighted by molar-refractivity contribution is 6.31. The van der Waals surface area contributed by atoms with E-state index in [1.54, 1.807) is 12.1 Å². The molecule has 3 nitrogen and oxygen atoms in total. The maximum atomic E-state index is 9.90. The summed E-state index contributed by atoms with van der Waals surface area (Å²) in [7, 11) is 4.20. The van der Waals surface area contributed by atoms with Gasteiger partial charge in [-0.05, 0) is 45.6 Å². The van der Waals surface area contributed by atoms with Crippen molar-refractivity contribution in [3.8, 4) is 5.75 Å². The molecule has 18 heavy (non-hydrogen) atoms. The lowest BCUT2D eigenvalue weighted by atomic mass is 10.1. The Kier molecular flexibility index (Phi) is 4.49. The number of nitrogens with zero attached hydrogens (tertiary/aromatic N) is 2. The molecule has 1 atom stereocenters. The van der Waals surface area contributed by atoms with Crippen LogP contribution >= 0.6 is 11.6 Å². The molecule has 1 aromatic carbocycles. The van der Waals surface area contributed by atoms with Gasteiger partial charge < -0.3 is 10.0 Å². The average molecular weight is 269 g/mol. The summed E-state index contributed by atoms with van der Waals surface area (Å²) in [5.74, 6) is 0.304. The van der Waals surface area contributed by atoms with Crippen LogP contribution in [0.1, 0.15) is 18.4 Å². The van der Waals surface area contributed by atoms with Crippen LogP contribution in [0, 0.1) is 0 Å². The van der Waals surface area contributed by atoms with Crippen molar-refractivity contribution in [2.75, 3.05) is 27.2 Å². The molecule has 0 spiro atoms. The minimum Gasteiger partial charge on any atom is -0.508 e. The van der Waals surface area contributed by atoms with Crippen LogP contribution in [0.4, 0.5) is 0 Å². The summed E-state index contributed by atoms with van der Waals surface area (Å²) in [6.45, 7) is 2.89. The lowest BCUT2D eigenvalue weighted by molar-refractivity contribution is 0.199. The van der Waals surface area contributed by atoms with E-state index in [-0.39, 0.29) is 0 Å². The van der Waals surface area contributed by atoms with E-state index in [0.29, 0.717) is 16.8 Å². The van der Waals surface area contributed by atoms with Gasteiger partial charge in [0.15, 0.2) is 0 Å². The molecule has 1 fully saturated rings. The number of rotatable bonds is 4. The first-order chi connectivity index (χ1) is 8.58. The van der Waals surface area contributed by atoms with Crippen molar-refractivity contribution in [3.05, 3.63) is 28.8 Å². The molecule has 0 aromatic heterocycles. The minimum atomic E-state index is 0.304. The van der Waals surface area contributed by atoms with Gasteiger partial charge in [0.05, 0.1) is 0 Å². The third-order valence-electron chi connectivity index (χ3n) is 3.53. The summed E-state index contributed by atoms with van der Waals surface area (Å²) in [6, 6.07) is 5.89. The van der Waals surface area contributed by atoms with Crippen LogP contribution in [0.25, 0.3) is 0 Å². The Morgan fingerprint density at radius 1 is 1.44 bits per heavy atom. The van der Waals surface area contributed by atoms with Crippen LogP contribution in [-0.4, -0.2) is 48.1 Å². The van der Waals surface area contributed by atoms with Gasteiger partial charge in [-0.2, -0.15) is 0 Å². The predicted molar refractivity (Wildman–Crippen MR) is 75.1 cm³/mol. The fourth-order valence-electron chi connectivity index (χ4n) is 2.64. The lowest BCUT2D eigenvalue weighted by Gasteiger charge is -2.27. The van der Waals surface area contributed by atoms with Crippen molar-refractivity contribution < 1.29 is 5.11 Å². The third kappa shape index (κ3) is 3.16. The molecule has 1 unspecified atom stereocenters. The van der Waals surface area contributed by atoms with E-state index >= 15 is 0 Å². The van der Waals surface area contributed by atoms with Crippen molar-refractivity contribution >= 4 is 11.6 Å². The minimum absolute atomic E-state index is 0.304. The Balaban J connectivity index is 2.08. The topological polar surface area (TPSA) is 26.7 Å². The second-order valence-corrected chi connectivity index (χ2v) is 5.67. The standard InChI is InChI=1S/C14H21ClN2O/c1-16(2)9-11-5-4-8-17(11)10-12-13(15)6-3-7-14(12)18/h3,6-7,11,18H,4-5,8-10H2,1-2H3. The number of likely N-dealkylation sites (tertiary alicyclic amines) is 1. The number of halogens is 1. The van der Waals surface area contributed by atoms with E-state index in [0.717, 1.165) is 25.2 Å². The van der Waals surface area contributed by atoms with Gasteiger partial charge in [-0.1, -0.05) is 17.7 Å². The predicted octanol–water partition coefficient (Wildman–Crippen LogP) is 2.57.